The predicted octanol–water partition coefficient (Wildman–Crippen LogP) is 1.47. The Morgan fingerprint density at radius 3 is 2.62 bits per heavy atom. The third kappa shape index (κ3) is 1.90. The Morgan fingerprint density at radius 1 is 1.29 bits per heavy atom. The summed E-state index contributed by atoms with van der Waals surface area (Å²) in [5.74, 6) is -2.06. The Bertz CT molecular complexity index is 752. The van der Waals surface area contributed by atoms with Gasteiger partial charge >= 0.3 is 5.97 Å². The average Bonchev–Trinajstić information content (AvgIpc) is 3.07. The van der Waals surface area contributed by atoms with Crippen molar-refractivity contribution in [3.05, 3.63) is 52.8 Å². The summed E-state index contributed by atoms with van der Waals surface area (Å²) < 4.78 is 0. The van der Waals surface area contributed by atoms with Crippen molar-refractivity contribution >= 4 is 17.8 Å². The molecule has 0 spiro atoms. The lowest BCUT2D eigenvalue weighted by Crippen LogP contribution is -2.32. The topological polar surface area (TPSA) is 103 Å². The molecule has 0 saturated heterocycles. The van der Waals surface area contributed by atoms with Gasteiger partial charge in [-0.25, -0.2) is 4.79 Å². The average molecular weight is 285 g/mol. The normalized spacial score (nSPS) is 15.2. The molecule has 0 aliphatic carbocycles. The van der Waals surface area contributed by atoms with Gasteiger partial charge in [-0.2, -0.15) is 5.10 Å². The largest absolute Gasteiger partial charge is 0.478 e. The van der Waals surface area contributed by atoms with Crippen molar-refractivity contribution in [1.29, 1.82) is 0 Å². The van der Waals surface area contributed by atoms with Crippen LogP contribution >= 0.6 is 0 Å². The lowest BCUT2D eigenvalue weighted by molar-refractivity contribution is 0.0594. The van der Waals surface area contributed by atoms with Crippen molar-refractivity contribution in [2.45, 2.75) is 13.0 Å². The van der Waals surface area contributed by atoms with Crippen LogP contribution in [0, 0.1) is 0 Å². The molecule has 1 unspecified atom stereocenters. The third-order valence-electron chi connectivity index (χ3n) is 3.55. The molecule has 1 atom stereocenters. The molecule has 2 amide bonds. The van der Waals surface area contributed by atoms with E-state index in [1.54, 1.807) is 13.1 Å². The van der Waals surface area contributed by atoms with Crippen LogP contribution < -0.4 is 0 Å². The molecule has 2 aromatic rings. The maximum absolute atomic E-state index is 12.4. The number of H-pyrrole nitrogens is 1. The number of rotatable bonds is 3. The third-order valence-corrected chi connectivity index (χ3v) is 3.55. The molecule has 0 radical (unpaired) electrons. The Kier molecular flexibility index (Phi) is 2.83. The molecule has 7 heteroatoms. The van der Waals surface area contributed by atoms with Crippen molar-refractivity contribution in [2.75, 3.05) is 0 Å². The quantitative estimate of drug-likeness (QED) is 0.831. The number of benzene rings is 1. The number of amides is 2. The van der Waals surface area contributed by atoms with E-state index in [1.165, 1.54) is 24.4 Å². The summed E-state index contributed by atoms with van der Waals surface area (Å²) in [6.07, 6.45) is 3.15. The van der Waals surface area contributed by atoms with Crippen LogP contribution in [0.15, 0.2) is 30.6 Å². The number of fused-ring (bicyclic) bond motifs is 1. The highest BCUT2D eigenvalue weighted by molar-refractivity contribution is 6.22. The van der Waals surface area contributed by atoms with E-state index in [4.69, 9.17) is 5.11 Å². The van der Waals surface area contributed by atoms with Crippen LogP contribution in [0.2, 0.25) is 0 Å². The molecule has 3 rings (SSSR count). The number of aromatic carboxylic acids is 1. The lowest BCUT2D eigenvalue weighted by Gasteiger charge is -2.21. The van der Waals surface area contributed by atoms with E-state index in [1.807, 2.05) is 0 Å². The molecule has 21 heavy (non-hydrogen) atoms. The number of aromatic amines is 1. The molecule has 7 nitrogen and oxygen atoms in total. The molecule has 1 aromatic heterocycles. The summed E-state index contributed by atoms with van der Waals surface area (Å²) in [5.41, 5.74) is 1.02. The van der Waals surface area contributed by atoms with Crippen molar-refractivity contribution < 1.29 is 19.5 Å². The number of nitrogens with one attached hydrogen (secondary N) is 1. The van der Waals surface area contributed by atoms with Gasteiger partial charge in [-0.1, -0.05) is 0 Å². The van der Waals surface area contributed by atoms with Crippen LogP contribution in [0.3, 0.4) is 0 Å². The van der Waals surface area contributed by atoms with E-state index in [9.17, 15) is 14.4 Å². The minimum absolute atomic E-state index is 0.0206. The molecule has 1 aliphatic heterocycles. The molecule has 1 aromatic carbocycles. The van der Waals surface area contributed by atoms with Crippen LogP contribution in [0.25, 0.3) is 0 Å². The second-order valence-electron chi connectivity index (χ2n) is 4.75. The van der Waals surface area contributed by atoms with Gasteiger partial charge in [0.1, 0.15) is 0 Å². The molecular formula is C14H11N3O4. The predicted molar refractivity (Wildman–Crippen MR) is 70.9 cm³/mol. The van der Waals surface area contributed by atoms with Gasteiger partial charge in [0.15, 0.2) is 0 Å². The molecule has 0 bridgehead atoms. The zero-order valence-corrected chi connectivity index (χ0v) is 11.0. The molecule has 106 valence electrons. The number of carboxylic acids is 1. The summed E-state index contributed by atoms with van der Waals surface area (Å²) >= 11 is 0. The second-order valence-corrected chi connectivity index (χ2v) is 4.75. The van der Waals surface area contributed by atoms with E-state index in [0.717, 1.165) is 4.90 Å². The molecule has 2 heterocycles. The minimum atomic E-state index is -1.14. The number of hydrogen-bond acceptors (Lipinski definition) is 4. The van der Waals surface area contributed by atoms with Gasteiger partial charge in [0.25, 0.3) is 11.8 Å². The monoisotopic (exact) mass is 285 g/mol. The highest BCUT2D eigenvalue weighted by Crippen LogP contribution is 2.31. The SMILES string of the molecule is CC(c1cn[nH]c1)N1C(=O)c2ccc(C(=O)O)cc2C1=O. The highest BCUT2D eigenvalue weighted by Gasteiger charge is 2.39. The van der Waals surface area contributed by atoms with Crippen LogP contribution in [0.1, 0.15) is 49.6 Å². The number of carboxylic acid groups (broad SMARTS) is 1. The zero-order chi connectivity index (χ0) is 15.1. The van der Waals surface area contributed by atoms with E-state index in [-0.39, 0.29) is 16.7 Å². The summed E-state index contributed by atoms with van der Waals surface area (Å²) in [7, 11) is 0. The maximum atomic E-state index is 12.4. The molecule has 1 aliphatic rings. The summed E-state index contributed by atoms with van der Waals surface area (Å²) in [6, 6.07) is 3.45. The first-order chi connectivity index (χ1) is 10.0. The highest BCUT2D eigenvalue weighted by atomic mass is 16.4. The first-order valence-electron chi connectivity index (χ1n) is 6.24. The smallest absolute Gasteiger partial charge is 0.335 e. The van der Waals surface area contributed by atoms with Crippen molar-refractivity contribution in [3.8, 4) is 0 Å². The summed E-state index contributed by atoms with van der Waals surface area (Å²) in [6.45, 7) is 1.71. The van der Waals surface area contributed by atoms with E-state index >= 15 is 0 Å². The van der Waals surface area contributed by atoms with E-state index in [2.05, 4.69) is 10.2 Å². The number of nitrogens with zero attached hydrogens (tertiary/aromatic N) is 2. The van der Waals surface area contributed by atoms with Gasteiger partial charge in [0, 0.05) is 11.8 Å². The Morgan fingerprint density at radius 2 is 2.00 bits per heavy atom. The van der Waals surface area contributed by atoms with Crippen molar-refractivity contribution in [3.63, 3.8) is 0 Å². The number of hydrogen-bond donors (Lipinski definition) is 2. The van der Waals surface area contributed by atoms with Gasteiger partial charge < -0.3 is 5.11 Å². The number of carbonyl (C=O) groups is 3. The van der Waals surface area contributed by atoms with Gasteiger partial charge in [-0.05, 0) is 25.1 Å². The second kappa shape index (κ2) is 4.55. The Hall–Kier alpha value is -2.96. The Labute approximate surface area is 119 Å². The first kappa shape index (κ1) is 13.0. The molecule has 0 saturated carbocycles. The van der Waals surface area contributed by atoms with Crippen LogP contribution in [0.4, 0.5) is 0 Å². The fourth-order valence-electron chi connectivity index (χ4n) is 2.38. The van der Waals surface area contributed by atoms with E-state index < -0.39 is 23.8 Å². The van der Waals surface area contributed by atoms with Crippen LogP contribution in [-0.2, 0) is 0 Å². The number of aromatic nitrogens is 2. The van der Waals surface area contributed by atoms with Gasteiger partial charge in [-0.3, -0.25) is 19.6 Å². The van der Waals surface area contributed by atoms with Crippen LogP contribution in [0.5, 0.6) is 0 Å². The summed E-state index contributed by atoms with van der Waals surface area (Å²) in [4.78, 5) is 36.8. The lowest BCUT2D eigenvalue weighted by atomic mass is 10.1. The van der Waals surface area contributed by atoms with Crippen molar-refractivity contribution in [1.82, 2.24) is 15.1 Å². The fourth-order valence-corrected chi connectivity index (χ4v) is 2.38. The first-order valence-corrected chi connectivity index (χ1v) is 6.24. The zero-order valence-electron chi connectivity index (χ0n) is 11.0. The standard InChI is InChI=1S/C14H11N3O4/c1-7(9-5-15-16-6-9)17-12(18)10-3-2-8(14(20)21)4-11(10)13(17)19/h2-7H,1H3,(H,15,16)(H,20,21). The van der Waals surface area contributed by atoms with Gasteiger partial charge in [-0.15, -0.1) is 0 Å². The minimum Gasteiger partial charge on any atom is -0.478 e. The molecule has 2 N–H and O–H groups in total. The molecular weight excluding hydrogens is 274 g/mol. The van der Waals surface area contributed by atoms with E-state index in [0.29, 0.717) is 5.56 Å². The van der Waals surface area contributed by atoms with Gasteiger partial charge in [0.05, 0.1) is 28.9 Å². The summed E-state index contributed by atoms with van der Waals surface area (Å²) in [5, 5.41) is 15.4. The van der Waals surface area contributed by atoms with Crippen molar-refractivity contribution in [2.24, 2.45) is 0 Å². The Balaban J connectivity index is 2.02. The number of imide groups is 1. The fraction of sp³-hybridized carbons (Fsp3) is 0.143. The van der Waals surface area contributed by atoms with Gasteiger partial charge in [0.2, 0.25) is 0 Å². The molecule has 0 fully saturated rings. The maximum Gasteiger partial charge on any atom is 0.335 e. The van der Waals surface area contributed by atoms with Crippen LogP contribution in [-0.4, -0.2) is 38.0 Å². The number of carbonyl (C=O) groups excluding carboxylic acids is 2.